The molecule has 0 aromatic carbocycles. The van der Waals surface area contributed by atoms with Crippen molar-refractivity contribution >= 4 is 31.8 Å². The molecule has 138 valence electrons. The molecule has 0 aliphatic carbocycles. The van der Waals surface area contributed by atoms with Crippen LogP contribution in [0.25, 0.3) is 0 Å². The molecule has 0 spiro atoms. The van der Waals surface area contributed by atoms with E-state index in [4.69, 9.17) is 14.2 Å². The summed E-state index contributed by atoms with van der Waals surface area (Å²) < 4.78 is 24.3. The minimum atomic E-state index is -1.28. The third-order valence-electron chi connectivity index (χ3n) is 3.35. The summed E-state index contributed by atoms with van der Waals surface area (Å²) >= 11 is 0. The van der Waals surface area contributed by atoms with E-state index in [1.54, 1.807) is 0 Å². The lowest BCUT2D eigenvalue weighted by molar-refractivity contribution is -0.174. The van der Waals surface area contributed by atoms with Gasteiger partial charge in [0.15, 0.2) is 18.3 Å². The highest BCUT2D eigenvalue weighted by atomic mass is 16.6. The van der Waals surface area contributed by atoms with E-state index in [0.29, 0.717) is 6.41 Å². The lowest BCUT2D eigenvalue weighted by Gasteiger charge is -2.37. The highest BCUT2D eigenvalue weighted by Gasteiger charge is 2.43. The second kappa shape index (κ2) is 10.6. The largest absolute Gasteiger partial charge is 0.477 e. The van der Waals surface area contributed by atoms with Crippen LogP contribution in [0.5, 0.6) is 0 Å². The van der Waals surface area contributed by atoms with E-state index in [-0.39, 0.29) is 31.6 Å². The van der Waals surface area contributed by atoms with Crippen LogP contribution < -0.4 is 5.32 Å². The first kappa shape index (κ1) is 19.9. The quantitative estimate of drug-likeness (QED) is 0.241. The molecule has 25 heavy (non-hydrogen) atoms. The van der Waals surface area contributed by atoms with Gasteiger partial charge in [0.1, 0.15) is 6.61 Å². The SMILES string of the molecule is COC(=O)C1=CC[C@@H](NC=O)[C@H]([C@H](OC=O)[C@@H](COC=O)OC=O)O1. The zero-order valence-electron chi connectivity index (χ0n) is 13.2. The van der Waals surface area contributed by atoms with Crippen molar-refractivity contribution in [2.24, 2.45) is 0 Å². The van der Waals surface area contributed by atoms with Gasteiger partial charge in [0, 0.05) is 0 Å². The highest BCUT2D eigenvalue weighted by molar-refractivity contribution is 5.86. The van der Waals surface area contributed by atoms with Crippen LogP contribution in [-0.4, -0.2) is 69.9 Å². The Morgan fingerprint density at radius 2 is 2.00 bits per heavy atom. The first-order valence-electron chi connectivity index (χ1n) is 7.01. The number of rotatable bonds is 12. The van der Waals surface area contributed by atoms with Gasteiger partial charge in [-0.2, -0.15) is 0 Å². The normalized spacial score (nSPS) is 21.2. The lowest BCUT2D eigenvalue weighted by Crippen LogP contribution is -2.55. The van der Waals surface area contributed by atoms with E-state index in [2.05, 4.69) is 14.8 Å². The second-order valence-corrected chi connectivity index (χ2v) is 4.67. The molecular weight excluding hydrogens is 342 g/mol. The fourth-order valence-corrected chi connectivity index (χ4v) is 2.28. The van der Waals surface area contributed by atoms with E-state index in [1.807, 2.05) is 0 Å². The summed E-state index contributed by atoms with van der Waals surface area (Å²) in [6.45, 7) is -0.181. The number of ether oxygens (including phenoxy) is 5. The average Bonchev–Trinajstić information content (AvgIpc) is 2.63. The number of nitrogens with one attached hydrogen (secondary N) is 1. The molecule has 1 aliphatic rings. The molecule has 0 bridgehead atoms. The van der Waals surface area contributed by atoms with Crippen LogP contribution >= 0.6 is 0 Å². The van der Waals surface area contributed by atoms with Gasteiger partial charge in [-0.25, -0.2) is 4.79 Å². The number of carbonyl (C=O) groups excluding carboxylic acids is 5. The molecule has 0 saturated carbocycles. The fraction of sp³-hybridized carbons (Fsp3) is 0.500. The van der Waals surface area contributed by atoms with E-state index in [0.717, 1.165) is 7.11 Å². The van der Waals surface area contributed by atoms with Crippen molar-refractivity contribution in [1.29, 1.82) is 0 Å². The van der Waals surface area contributed by atoms with Gasteiger partial charge in [-0.3, -0.25) is 19.2 Å². The Hall–Kier alpha value is -3.11. The Kier molecular flexibility index (Phi) is 8.47. The maximum absolute atomic E-state index is 11.7. The molecule has 11 heteroatoms. The molecule has 0 saturated heterocycles. The molecule has 0 radical (unpaired) electrons. The Balaban J connectivity index is 3.11. The molecule has 0 aromatic rings. The highest BCUT2D eigenvalue weighted by Crippen LogP contribution is 2.25. The van der Waals surface area contributed by atoms with Gasteiger partial charge in [0.2, 0.25) is 12.2 Å². The maximum atomic E-state index is 11.7. The van der Waals surface area contributed by atoms with Gasteiger partial charge >= 0.3 is 5.97 Å². The Labute approximate surface area is 142 Å². The Morgan fingerprint density at radius 3 is 2.56 bits per heavy atom. The van der Waals surface area contributed by atoms with Crippen molar-refractivity contribution in [2.45, 2.75) is 30.8 Å². The predicted octanol–water partition coefficient (Wildman–Crippen LogP) is -1.80. The van der Waals surface area contributed by atoms with Crippen molar-refractivity contribution in [3.05, 3.63) is 11.8 Å². The van der Waals surface area contributed by atoms with Crippen molar-refractivity contribution in [3.8, 4) is 0 Å². The van der Waals surface area contributed by atoms with Gasteiger partial charge in [-0.05, 0) is 12.5 Å². The van der Waals surface area contributed by atoms with Crippen LogP contribution in [-0.2, 0) is 47.7 Å². The van der Waals surface area contributed by atoms with Gasteiger partial charge in [0.25, 0.3) is 19.4 Å². The summed E-state index contributed by atoms with van der Waals surface area (Å²) in [6.07, 6.45) is -1.70. The van der Waals surface area contributed by atoms with Crippen LogP contribution in [0, 0.1) is 0 Å². The molecule has 1 rings (SSSR count). The summed E-state index contributed by atoms with van der Waals surface area (Å²) in [5.41, 5.74) is 0. The molecule has 1 amide bonds. The number of hydrogen-bond acceptors (Lipinski definition) is 10. The summed E-state index contributed by atoms with van der Waals surface area (Å²) in [5, 5.41) is 2.45. The molecule has 11 nitrogen and oxygen atoms in total. The topological polar surface area (TPSA) is 144 Å². The van der Waals surface area contributed by atoms with E-state index in [9.17, 15) is 24.0 Å². The molecule has 4 atom stereocenters. The smallest absolute Gasteiger partial charge is 0.372 e. The number of carbonyl (C=O) groups is 5. The molecule has 0 aromatic heterocycles. The molecule has 1 heterocycles. The summed E-state index contributed by atoms with van der Waals surface area (Å²) in [5.74, 6) is -0.950. The van der Waals surface area contributed by atoms with Gasteiger partial charge in [0.05, 0.1) is 13.2 Å². The summed E-state index contributed by atoms with van der Waals surface area (Å²) in [4.78, 5) is 54.4. The summed E-state index contributed by atoms with van der Waals surface area (Å²) in [6, 6.07) is -0.718. The third kappa shape index (κ3) is 5.48. The van der Waals surface area contributed by atoms with Crippen molar-refractivity contribution in [2.75, 3.05) is 13.7 Å². The Morgan fingerprint density at radius 1 is 1.28 bits per heavy atom. The van der Waals surface area contributed by atoms with Crippen LogP contribution in [0.2, 0.25) is 0 Å². The van der Waals surface area contributed by atoms with E-state index >= 15 is 0 Å². The van der Waals surface area contributed by atoms with Crippen LogP contribution in [0.1, 0.15) is 6.42 Å². The number of esters is 1. The van der Waals surface area contributed by atoms with Crippen molar-refractivity contribution < 1.29 is 47.7 Å². The average molecular weight is 359 g/mol. The number of amides is 1. The maximum Gasteiger partial charge on any atom is 0.372 e. The van der Waals surface area contributed by atoms with Crippen LogP contribution in [0.15, 0.2) is 11.8 Å². The first-order valence-corrected chi connectivity index (χ1v) is 7.01. The zero-order valence-corrected chi connectivity index (χ0v) is 13.2. The Bertz CT molecular complexity index is 520. The molecular formula is C14H17NO10. The standard InChI is InChI=1S/C14H17NO10/c1-21-14(20)10-3-2-9(15-5-16)12(25-10)13(24-8-19)11(23-7-18)4-22-6-17/h3,5-9,11-13H,2,4H2,1H3,(H,15,16)/t9-,11-,12-,13-/m1/s1. The number of methoxy groups -OCH3 is 1. The van der Waals surface area contributed by atoms with Crippen LogP contribution in [0.3, 0.4) is 0 Å². The molecule has 0 unspecified atom stereocenters. The molecule has 1 N–H and O–H groups in total. The summed E-state index contributed by atoms with van der Waals surface area (Å²) in [7, 11) is 1.15. The third-order valence-corrected chi connectivity index (χ3v) is 3.35. The van der Waals surface area contributed by atoms with Gasteiger partial charge in [-0.15, -0.1) is 0 Å². The number of hydrogen-bond donors (Lipinski definition) is 1. The van der Waals surface area contributed by atoms with Crippen molar-refractivity contribution in [1.82, 2.24) is 5.32 Å². The van der Waals surface area contributed by atoms with Gasteiger partial charge in [-0.1, -0.05) is 0 Å². The van der Waals surface area contributed by atoms with Crippen LogP contribution in [0.4, 0.5) is 0 Å². The lowest BCUT2D eigenvalue weighted by atomic mass is 9.95. The fourth-order valence-electron chi connectivity index (χ4n) is 2.28. The first-order chi connectivity index (χ1) is 12.1. The minimum Gasteiger partial charge on any atom is -0.477 e. The minimum absolute atomic E-state index is 0.0715. The predicted molar refractivity (Wildman–Crippen MR) is 76.5 cm³/mol. The van der Waals surface area contributed by atoms with E-state index < -0.39 is 36.9 Å². The second-order valence-electron chi connectivity index (χ2n) is 4.67. The zero-order chi connectivity index (χ0) is 18.7. The van der Waals surface area contributed by atoms with E-state index in [1.165, 1.54) is 6.08 Å². The molecule has 0 fully saturated rings. The molecule has 1 aliphatic heterocycles. The van der Waals surface area contributed by atoms with Gasteiger partial charge < -0.3 is 29.0 Å². The monoisotopic (exact) mass is 359 g/mol. The van der Waals surface area contributed by atoms with Crippen molar-refractivity contribution in [3.63, 3.8) is 0 Å².